The van der Waals surface area contributed by atoms with Crippen molar-refractivity contribution in [2.24, 2.45) is 0 Å². The lowest BCUT2D eigenvalue weighted by Crippen LogP contribution is -2.36. The summed E-state index contributed by atoms with van der Waals surface area (Å²) in [7, 11) is 0. The molecular weight excluding hydrogens is 168 g/mol. The first-order valence-electron chi connectivity index (χ1n) is 4.90. The largest absolute Gasteiger partial charge is 0.382 e. The van der Waals surface area contributed by atoms with Gasteiger partial charge < -0.3 is 15.4 Å². The predicted molar refractivity (Wildman–Crippen MR) is 52.8 cm³/mol. The predicted octanol–water partition coefficient (Wildman–Crippen LogP) is 1.12. The highest BCUT2D eigenvalue weighted by Gasteiger charge is 1.96. The smallest absolute Gasteiger partial charge is 0.314 e. The molecule has 0 bridgehead atoms. The molecule has 4 heteroatoms. The zero-order chi connectivity index (χ0) is 9.94. The number of urea groups is 1. The minimum Gasteiger partial charge on any atom is -0.382 e. The number of hydrogen-bond acceptors (Lipinski definition) is 2. The van der Waals surface area contributed by atoms with Gasteiger partial charge in [-0.2, -0.15) is 0 Å². The Kier molecular flexibility index (Phi) is 8.77. The summed E-state index contributed by atoms with van der Waals surface area (Å²) in [6.07, 6.45) is 1.83. The summed E-state index contributed by atoms with van der Waals surface area (Å²) < 4.78 is 5.12. The molecule has 2 amide bonds. The van der Waals surface area contributed by atoms with Crippen LogP contribution < -0.4 is 10.6 Å². The van der Waals surface area contributed by atoms with Crippen molar-refractivity contribution in [2.75, 3.05) is 26.3 Å². The molecule has 0 saturated heterocycles. The van der Waals surface area contributed by atoms with Crippen LogP contribution in [0.5, 0.6) is 0 Å². The van der Waals surface area contributed by atoms with Crippen molar-refractivity contribution in [2.45, 2.75) is 26.7 Å². The molecule has 0 aromatic rings. The van der Waals surface area contributed by atoms with Gasteiger partial charge in [0.05, 0.1) is 0 Å². The van der Waals surface area contributed by atoms with E-state index >= 15 is 0 Å². The summed E-state index contributed by atoms with van der Waals surface area (Å²) in [5.74, 6) is 0. The third kappa shape index (κ3) is 9.14. The highest BCUT2D eigenvalue weighted by molar-refractivity contribution is 5.73. The molecule has 2 N–H and O–H groups in total. The SMILES string of the molecule is CCCNC(=O)NCCCOCC. The van der Waals surface area contributed by atoms with E-state index in [-0.39, 0.29) is 6.03 Å². The Balaban J connectivity index is 3.08. The van der Waals surface area contributed by atoms with Crippen LogP contribution >= 0.6 is 0 Å². The van der Waals surface area contributed by atoms with Crippen molar-refractivity contribution < 1.29 is 9.53 Å². The van der Waals surface area contributed by atoms with E-state index in [2.05, 4.69) is 10.6 Å². The second-order valence-corrected chi connectivity index (χ2v) is 2.73. The minimum atomic E-state index is -0.0849. The highest BCUT2D eigenvalue weighted by Crippen LogP contribution is 1.80. The van der Waals surface area contributed by atoms with Crippen LogP contribution in [-0.4, -0.2) is 32.3 Å². The number of carbonyl (C=O) groups excluding carboxylic acids is 1. The van der Waals surface area contributed by atoms with Crippen molar-refractivity contribution >= 4 is 6.03 Å². The summed E-state index contributed by atoms with van der Waals surface area (Å²) in [6.45, 7) is 6.84. The Morgan fingerprint density at radius 2 is 1.92 bits per heavy atom. The van der Waals surface area contributed by atoms with Gasteiger partial charge in [-0.1, -0.05) is 6.92 Å². The molecular formula is C9H20N2O2. The second-order valence-electron chi connectivity index (χ2n) is 2.73. The molecule has 0 aromatic carbocycles. The third-order valence-electron chi connectivity index (χ3n) is 1.49. The minimum absolute atomic E-state index is 0.0849. The quantitative estimate of drug-likeness (QED) is 0.588. The zero-order valence-corrected chi connectivity index (χ0v) is 8.56. The van der Waals surface area contributed by atoms with Crippen LogP contribution in [0.25, 0.3) is 0 Å². The van der Waals surface area contributed by atoms with Gasteiger partial charge in [0.2, 0.25) is 0 Å². The molecule has 4 nitrogen and oxygen atoms in total. The number of rotatable bonds is 7. The van der Waals surface area contributed by atoms with Gasteiger partial charge in [-0.05, 0) is 19.8 Å². The van der Waals surface area contributed by atoms with Crippen LogP contribution in [0.4, 0.5) is 4.79 Å². The fourth-order valence-corrected chi connectivity index (χ4v) is 0.822. The first kappa shape index (κ1) is 12.2. The zero-order valence-electron chi connectivity index (χ0n) is 8.56. The number of nitrogens with one attached hydrogen (secondary N) is 2. The molecule has 78 valence electrons. The van der Waals surface area contributed by atoms with Gasteiger partial charge in [0.25, 0.3) is 0 Å². The van der Waals surface area contributed by atoms with Crippen LogP contribution in [0.15, 0.2) is 0 Å². The normalized spacial score (nSPS) is 9.69. The number of hydrogen-bond donors (Lipinski definition) is 2. The van der Waals surface area contributed by atoms with Crippen LogP contribution in [0.3, 0.4) is 0 Å². The monoisotopic (exact) mass is 188 g/mol. The summed E-state index contributed by atoms with van der Waals surface area (Å²) >= 11 is 0. The van der Waals surface area contributed by atoms with Crippen LogP contribution in [-0.2, 0) is 4.74 Å². The molecule has 0 atom stereocenters. The van der Waals surface area contributed by atoms with E-state index < -0.39 is 0 Å². The Labute approximate surface area is 80.0 Å². The molecule has 0 fully saturated rings. The van der Waals surface area contributed by atoms with Crippen molar-refractivity contribution in [1.29, 1.82) is 0 Å². The van der Waals surface area contributed by atoms with Gasteiger partial charge in [-0.25, -0.2) is 4.79 Å². The number of amides is 2. The summed E-state index contributed by atoms with van der Waals surface area (Å²) in [5, 5.41) is 5.48. The molecule has 0 aliphatic carbocycles. The molecule has 0 rings (SSSR count). The van der Waals surface area contributed by atoms with Crippen LogP contribution in [0.2, 0.25) is 0 Å². The Morgan fingerprint density at radius 1 is 1.23 bits per heavy atom. The summed E-state index contributed by atoms with van der Waals surface area (Å²) in [4.78, 5) is 11.0. The highest BCUT2D eigenvalue weighted by atomic mass is 16.5. The summed E-state index contributed by atoms with van der Waals surface area (Å²) in [6, 6.07) is -0.0849. The lowest BCUT2D eigenvalue weighted by Gasteiger charge is -2.06. The molecule has 0 unspecified atom stereocenters. The first-order chi connectivity index (χ1) is 6.31. The van der Waals surface area contributed by atoms with Crippen molar-refractivity contribution in [3.63, 3.8) is 0 Å². The van der Waals surface area contributed by atoms with Gasteiger partial charge >= 0.3 is 6.03 Å². The Hall–Kier alpha value is -0.770. The molecule has 0 aromatic heterocycles. The molecule has 0 radical (unpaired) electrons. The van der Waals surface area contributed by atoms with Crippen LogP contribution in [0.1, 0.15) is 26.7 Å². The fourth-order valence-electron chi connectivity index (χ4n) is 0.822. The van der Waals surface area contributed by atoms with E-state index in [1.165, 1.54) is 0 Å². The average molecular weight is 188 g/mol. The van der Waals surface area contributed by atoms with E-state index in [9.17, 15) is 4.79 Å². The van der Waals surface area contributed by atoms with Gasteiger partial charge in [0.15, 0.2) is 0 Å². The topological polar surface area (TPSA) is 50.4 Å². The van der Waals surface area contributed by atoms with E-state index in [1.54, 1.807) is 0 Å². The standard InChI is InChI=1S/C9H20N2O2/c1-3-6-10-9(12)11-7-5-8-13-4-2/h3-8H2,1-2H3,(H2,10,11,12). The lowest BCUT2D eigenvalue weighted by atomic mass is 10.4. The molecule has 0 saturated carbocycles. The molecule has 0 spiro atoms. The van der Waals surface area contributed by atoms with E-state index in [0.717, 1.165) is 26.0 Å². The fraction of sp³-hybridized carbons (Fsp3) is 0.889. The molecule has 0 aliphatic heterocycles. The second kappa shape index (κ2) is 9.32. The Morgan fingerprint density at radius 3 is 2.54 bits per heavy atom. The van der Waals surface area contributed by atoms with E-state index in [4.69, 9.17) is 4.74 Å². The summed E-state index contributed by atoms with van der Waals surface area (Å²) in [5.41, 5.74) is 0. The van der Waals surface area contributed by atoms with Crippen LogP contribution in [0, 0.1) is 0 Å². The van der Waals surface area contributed by atoms with Crippen molar-refractivity contribution in [3.05, 3.63) is 0 Å². The number of ether oxygens (including phenoxy) is 1. The average Bonchev–Trinajstić information content (AvgIpc) is 2.14. The van der Waals surface area contributed by atoms with Gasteiger partial charge in [-0.15, -0.1) is 0 Å². The van der Waals surface area contributed by atoms with Crippen molar-refractivity contribution in [3.8, 4) is 0 Å². The third-order valence-corrected chi connectivity index (χ3v) is 1.49. The van der Waals surface area contributed by atoms with Crippen molar-refractivity contribution in [1.82, 2.24) is 10.6 Å². The molecule has 0 aliphatic rings. The molecule has 0 heterocycles. The van der Waals surface area contributed by atoms with E-state index in [0.29, 0.717) is 13.2 Å². The number of carbonyl (C=O) groups is 1. The maximum Gasteiger partial charge on any atom is 0.314 e. The van der Waals surface area contributed by atoms with Gasteiger partial charge in [-0.3, -0.25) is 0 Å². The Bertz CT molecular complexity index is 129. The maximum atomic E-state index is 11.0. The first-order valence-corrected chi connectivity index (χ1v) is 4.90. The van der Waals surface area contributed by atoms with E-state index in [1.807, 2.05) is 13.8 Å². The molecule has 13 heavy (non-hydrogen) atoms. The van der Waals surface area contributed by atoms with Gasteiger partial charge in [0, 0.05) is 26.3 Å². The lowest BCUT2D eigenvalue weighted by molar-refractivity contribution is 0.145. The maximum absolute atomic E-state index is 11.0. The van der Waals surface area contributed by atoms with Gasteiger partial charge in [0.1, 0.15) is 0 Å².